The minimum Gasteiger partial charge on any atom is -0.378 e. The Morgan fingerprint density at radius 1 is 1.20 bits per heavy atom. The van der Waals surface area contributed by atoms with Gasteiger partial charge in [-0.1, -0.05) is 43.7 Å². The van der Waals surface area contributed by atoms with Gasteiger partial charge in [-0.05, 0) is 12.0 Å². The lowest BCUT2D eigenvalue weighted by atomic mass is 10.0. The smallest absolute Gasteiger partial charge is 0.282 e. The molecular formula is C18H29N3O3S. The van der Waals surface area contributed by atoms with E-state index < -0.39 is 10.2 Å². The summed E-state index contributed by atoms with van der Waals surface area (Å²) in [6.45, 7) is 5.82. The third-order valence-electron chi connectivity index (χ3n) is 5.17. The second-order valence-electron chi connectivity index (χ2n) is 6.98. The maximum atomic E-state index is 13.0. The lowest BCUT2D eigenvalue weighted by Crippen LogP contribution is -2.63. The lowest BCUT2D eigenvalue weighted by molar-refractivity contribution is -0.0721. The molecule has 0 aromatic heterocycles. The Hall–Kier alpha value is -0.990. The summed E-state index contributed by atoms with van der Waals surface area (Å²) in [4.78, 5) is 2.45. The molecule has 2 aliphatic heterocycles. The first kappa shape index (κ1) is 18.8. The highest BCUT2D eigenvalue weighted by Gasteiger charge is 2.39. The van der Waals surface area contributed by atoms with Gasteiger partial charge in [-0.3, -0.25) is 4.90 Å². The van der Waals surface area contributed by atoms with E-state index in [1.807, 2.05) is 30.3 Å². The van der Waals surface area contributed by atoms with E-state index in [0.717, 1.165) is 31.6 Å². The van der Waals surface area contributed by atoms with Gasteiger partial charge in [0, 0.05) is 45.3 Å². The van der Waals surface area contributed by atoms with E-state index in [4.69, 9.17) is 4.74 Å². The minimum absolute atomic E-state index is 0.166. The van der Waals surface area contributed by atoms with Crippen molar-refractivity contribution in [3.63, 3.8) is 0 Å². The zero-order valence-corrected chi connectivity index (χ0v) is 16.0. The predicted octanol–water partition coefficient (Wildman–Crippen LogP) is 1.55. The largest absolute Gasteiger partial charge is 0.378 e. The van der Waals surface area contributed by atoms with E-state index in [1.54, 1.807) is 11.4 Å². The van der Waals surface area contributed by atoms with Gasteiger partial charge < -0.3 is 4.74 Å². The molecule has 0 N–H and O–H groups in total. The molecule has 1 aromatic rings. The van der Waals surface area contributed by atoms with Crippen LogP contribution in [-0.2, 0) is 21.5 Å². The van der Waals surface area contributed by atoms with Gasteiger partial charge in [0.25, 0.3) is 10.2 Å². The Labute approximate surface area is 151 Å². The van der Waals surface area contributed by atoms with Crippen LogP contribution in [-0.4, -0.2) is 73.9 Å². The van der Waals surface area contributed by atoms with Gasteiger partial charge in [-0.2, -0.15) is 17.0 Å². The zero-order valence-electron chi connectivity index (χ0n) is 15.2. The number of fused-ring (bicyclic) bond motifs is 1. The second kappa shape index (κ2) is 8.14. The molecule has 25 heavy (non-hydrogen) atoms. The highest BCUT2D eigenvalue weighted by molar-refractivity contribution is 7.86. The molecule has 0 aliphatic carbocycles. The van der Waals surface area contributed by atoms with Crippen molar-refractivity contribution < 1.29 is 13.2 Å². The van der Waals surface area contributed by atoms with Gasteiger partial charge in [0.2, 0.25) is 0 Å². The molecule has 2 heterocycles. The minimum atomic E-state index is -3.46. The average molecular weight is 368 g/mol. The maximum Gasteiger partial charge on any atom is 0.282 e. The summed E-state index contributed by atoms with van der Waals surface area (Å²) in [5, 5.41) is 0. The Bertz CT molecular complexity index is 651. The van der Waals surface area contributed by atoms with Crippen LogP contribution in [0.25, 0.3) is 0 Å². The van der Waals surface area contributed by atoms with Crippen LogP contribution in [0.2, 0.25) is 0 Å². The van der Waals surface area contributed by atoms with Crippen LogP contribution in [0.1, 0.15) is 25.3 Å². The van der Waals surface area contributed by atoms with Crippen molar-refractivity contribution in [2.45, 2.75) is 38.4 Å². The highest BCUT2D eigenvalue weighted by atomic mass is 32.2. The van der Waals surface area contributed by atoms with Gasteiger partial charge in [0.1, 0.15) is 0 Å². The van der Waals surface area contributed by atoms with Crippen molar-refractivity contribution in [3.8, 4) is 0 Å². The Balaban J connectivity index is 1.65. The molecular weight excluding hydrogens is 338 g/mol. The van der Waals surface area contributed by atoms with E-state index in [0.29, 0.717) is 32.3 Å². The number of morpholine rings is 1. The molecule has 7 heteroatoms. The number of piperazine rings is 1. The van der Waals surface area contributed by atoms with E-state index in [9.17, 15) is 8.42 Å². The molecule has 0 saturated carbocycles. The summed E-state index contributed by atoms with van der Waals surface area (Å²) in [5.74, 6) is 0. The fraction of sp³-hybridized carbons (Fsp3) is 0.667. The van der Waals surface area contributed by atoms with E-state index in [2.05, 4.69) is 11.8 Å². The van der Waals surface area contributed by atoms with Gasteiger partial charge >= 0.3 is 0 Å². The average Bonchev–Trinajstić information content (AvgIpc) is 2.62. The number of ether oxygens (including phenoxy) is 1. The Morgan fingerprint density at radius 3 is 2.68 bits per heavy atom. The third kappa shape index (κ3) is 4.23. The van der Waals surface area contributed by atoms with Crippen molar-refractivity contribution in [3.05, 3.63) is 35.9 Å². The van der Waals surface area contributed by atoms with E-state index in [-0.39, 0.29) is 6.04 Å². The van der Waals surface area contributed by atoms with Crippen molar-refractivity contribution in [1.29, 1.82) is 0 Å². The normalized spacial score (nSPS) is 25.9. The molecule has 2 fully saturated rings. The summed E-state index contributed by atoms with van der Waals surface area (Å²) in [6.07, 6.45) is 2.23. The van der Waals surface area contributed by atoms with Crippen LogP contribution in [0.5, 0.6) is 0 Å². The van der Waals surface area contributed by atoms with Crippen LogP contribution in [0, 0.1) is 0 Å². The summed E-state index contributed by atoms with van der Waals surface area (Å²) >= 11 is 0. The molecule has 2 atom stereocenters. The molecule has 6 nitrogen and oxygen atoms in total. The third-order valence-corrected chi connectivity index (χ3v) is 7.07. The number of hydrogen-bond acceptors (Lipinski definition) is 4. The van der Waals surface area contributed by atoms with Crippen molar-refractivity contribution in [1.82, 2.24) is 13.5 Å². The molecule has 0 amide bonds. The molecule has 0 unspecified atom stereocenters. The highest BCUT2D eigenvalue weighted by Crippen LogP contribution is 2.24. The molecule has 0 spiro atoms. The van der Waals surface area contributed by atoms with E-state index in [1.165, 1.54) is 4.31 Å². The lowest BCUT2D eigenvalue weighted by Gasteiger charge is -2.47. The molecule has 0 bridgehead atoms. The molecule has 1 aromatic carbocycles. The van der Waals surface area contributed by atoms with Gasteiger partial charge in [-0.25, -0.2) is 0 Å². The van der Waals surface area contributed by atoms with Crippen LogP contribution in [0.4, 0.5) is 0 Å². The number of benzene rings is 1. The molecule has 0 radical (unpaired) electrons. The van der Waals surface area contributed by atoms with E-state index >= 15 is 0 Å². The topological polar surface area (TPSA) is 53.1 Å². The summed E-state index contributed by atoms with van der Waals surface area (Å²) in [5.41, 5.74) is 0.997. The first-order valence-corrected chi connectivity index (χ1v) is 10.5. The van der Waals surface area contributed by atoms with Crippen molar-refractivity contribution in [2.24, 2.45) is 0 Å². The predicted molar refractivity (Wildman–Crippen MR) is 98.4 cm³/mol. The second-order valence-corrected chi connectivity index (χ2v) is 9.01. The zero-order chi connectivity index (χ0) is 17.9. The molecule has 140 valence electrons. The molecule has 2 aliphatic rings. The summed E-state index contributed by atoms with van der Waals surface area (Å²) in [7, 11) is -1.80. The quantitative estimate of drug-likeness (QED) is 0.766. The number of hydrogen-bond donors (Lipinski definition) is 0. The standard InChI is InChI=1S/C18H29N3O3S/c1-3-7-17-14-24-15-18-13-20(10-11-21(17)18)25(22,23)19(2)12-16-8-5-4-6-9-16/h4-6,8-9,17-18H,3,7,10-15H2,1-2H3/t17-,18+/m0/s1. The Kier molecular flexibility index (Phi) is 6.12. The molecule has 2 saturated heterocycles. The monoisotopic (exact) mass is 367 g/mol. The summed E-state index contributed by atoms with van der Waals surface area (Å²) in [6, 6.07) is 10.3. The fourth-order valence-corrected chi connectivity index (χ4v) is 5.20. The Morgan fingerprint density at radius 2 is 1.96 bits per heavy atom. The molecule has 3 rings (SSSR count). The van der Waals surface area contributed by atoms with Gasteiger partial charge in [0.05, 0.1) is 13.2 Å². The van der Waals surface area contributed by atoms with Gasteiger partial charge in [-0.15, -0.1) is 0 Å². The maximum absolute atomic E-state index is 13.0. The van der Waals surface area contributed by atoms with Gasteiger partial charge in [0.15, 0.2) is 0 Å². The van der Waals surface area contributed by atoms with Crippen LogP contribution >= 0.6 is 0 Å². The van der Waals surface area contributed by atoms with Crippen molar-refractivity contribution in [2.75, 3.05) is 39.9 Å². The van der Waals surface area contributed by atoms with Crippen LogP contribution < -0.4 is 0 Å². The first-order valence-electron chi connectivity index (χ1n) is 9.11. The SMILES string of the molecule is CCC[C@H]1COC[C@H]2CN(S(=O)(=O)N(C)Cc3ccccc3)CCN12. The fourth-order valence-electron chi connectivity index (χ4n) is 3.82. The van der Waals surface area contributed by atoms with Crippen molar-refractivity contribution >= 4 is 10.2 Å². The van der Waals surface area contributed by atoms with Crippen LogP contribution in [0.15, 0.2) is 30.3 Å². The summed E-state index contributed by atoms with van der Waals surface area (Å²) < 4.78 is 34.7. The van der Waals surface area contributed by atoms with Crippen LogP contribution in [0.3, 0.4) is 0 Å². The first-order chi connectivity index (χ1) is 12.0. The number of nitrogens with zero attached hydrogens (tertiary/aromatic N) is 3. The number of rotatable bonds is 6.